The molecule has 1 aliphatic carbocycles. The molecule has 1 aliphatic rings. The van der Waals surface area contributed by atoms with Crippen LogP contribution in [0.2, 0.25) is 10.0 Å². The minimum absolute atomic E-state index is 0.0704. The van der Waals surface area contributed by atoms with E-state index in [4.69, 9.17) is 23.2 Å². The van der Waals surface area contributed by atoms with Gasteiger partial charge in [-0.2, -0.15) is 0 Å². The number of nitrogens with one attached hydrogen (secondary N) is 1. The van der Waals surface area contributed by atoms with Crippen LogP contribution in [0, 0.1) is 6.92 Å². The summed E-state index contributed by atoms with van der Waals surface area (Å²) in [5.74, 6) is 0.473. The average molecular weight is 508 g/mol. The van der Waals surface area contributed by atoms with E-state index in [0.29, 0.717) is 34.2 Å². The van der Waals surface area contributed by atoms with Crippen molar-refractivity contribution in [3.05, 3.63) is 63.6 Å². The molecule has 2 aromatic carbocycles. The molecule has 2 amide bonds. The second-order valence-corrected chi connectivity index (χ2v) is 10.5. The molecule has 3 rings (SSSR count). The molecular formula is C26H32Cl2N2O2S. The Kier molecular flexibility index (Phi) is 9.96. The van der Waals surface area contributed by atoms with Crippen LogP contribution < -0.4 is 5.32 Å². The zero-order valence-electron chi connectivity index (χ0n) is 19.3. The lowest BCUT2D eigenvalue weighted by atomic mass is 10.1. The summed E-state index contributed by atoms with van der Waals surface area (Å²) in [6.07, 6.45) is 5.12. The highest BCUT2D eigenvalue weighted by atomic mass is 35.5. The Morgan fingerprint density at radius 2 is 1.73 bits per heavy atom. The van der Waals surface area contributed by atoms with Gasteiger partial charge in [0.1, 0.15) is 6.04 Å². The number of hydrogen-bond donors (Lipinski definition) is 1. The predicted octanol–water partition coefficient (Wildman–Crippen LogP) is 6.65. The largest absolute Gasteiger partial charge is 0.352 e. The van der Waals surface area contributed by atoms with Crippen LogP contribution in [0.25, 0.3) is 0 Å². The van der Waals surface area contributed by atoms with Crippen LogP contribution in [0.4, 0.5) is 0 Å². The number of thioether (sulfide) groups is 1. The first kappa shape index (κ1) is 25.9. The molecule has 7 heteroatoms. The number of hydrogen-bond acceptors (Lipinski definition) is 3. The topological polar surface area (TPSA) is 49.4 Å². The highest BCUT2D eigenvalue weighted by Gasteiger charge is 2.31. The molecule has 0 radical (unpaired) electrons. The number of halogens is 2. The molecule has 0 bridgehead atoms. The lowest BCUT2D eigenvalue weighted by molar-refractivity contribution is -0.141. The molecule has 1 fully saturated rings. The first-order valence-electron chi connectivity index (χ1n) is 11.6. The summed E-state index contributed by atoms with van der Waals surface area (Å²) in [5.41, 5.74) is 1.88. The van der Waals surface area contributed by atoms with Crippen LogP contribution >= 0.6 is 35.0 Å². The van der Waals surface area contributed by atoms with Gasteiger partial charge in [0.05, 0.1) is 0 Å². The van der Waals surface area contributed by atoms with E-state index >= 15 is 0 Å². The van der Waals surface area contributed by atoms with Gasteiger partial charge in [-0.1, -0.05) is 66.7 Å². The summed E-state index contributed by atoms with van der Waals surface area (Å²) >= 11 is 14.5. The van der Waals surface area contributed by atoms with Gasteiger partial charge in [-0.25, -0.2) is 0 Å². The summed E-state index contributed by atoms with van der Waals surface area (Å²) in [7, 11) is 0. The zero-order chi connectivity index (χ0) is 23.8. The summed E-state index contributed by atoms with van der Waals surface area (Å²) in [6.45, 7) is 4.20. The monoisotopic (exact) mass is 506 g/mol. The third kappa shape index (κ3) is 7.40. The van der Waals surface area contributed by atoms with E-state index in [1.54, 1.807) is 34.9 Å². The molecule has 33 heavy (non-hydrogen) atoms. The van der Waals surface area contributed by atoms with Crippen LogP contribution in [0.3, 0.4) is 0 Å². The standard InChI is InChI=1S/C26H32Cl2N2O2S/c1-3-24(26(32)29-19-7-4-5-8-19)30(17-21-22(27)9-6-10-23(21)28)25(31)15-16-33-20-13-11-18(2)12-14-20/h6,9-14,19,24H,3-5,7-8,15-17H2,1-2H3,(H,29,32). The molecule has 1 unspecified atom stereocenters. The minimum atomic E-state index is -0.560. The van der Waals surface area contributed by atoms with E-state index in [1.165, 1.54) is 5.56 Å². The fourth-order valence-electron chi connectivity index (χ4n) is 4.18. The maximum absolute atomic E-state index is 13.4. The van der Waals surface area contributed by atoms with Gasteiger partial charge < -0.3 is 10.2 Å². The third-order valence-electron chi connectivity index (χ3n) is 6.08. The van der Waals surface area contributed by atoms with Crippen molar-refractivity contribution in [1.82, 2.24) is 10.2 Å². The van der Waals surface area contributed by atoms with Crippen LogP contribution in [0.1, 0.15) is 56.6 Å². The lowest BCUT2D eigenvalue weighted by Gasteiger charge is -2.32. The Morgan fingerprint density at radius 3 is 2.33 bits per heavy atom. The van der Waals surface area contributed by atoms with Gasteiger partial charge in [0.2, 0.25) is 11.8 Å². The second-order valence-electron chi connectivity index (χ2n) is 8.55. The van der Waals surface area contributed by atoms with E-state index < -0.39 is 6.04 Å². The van der Waals surface area contributed by atoms with E-state index in [1.807, 2.05) is 6.92 Å². The van der Waals surface area contributed by atoms with Crippen LogP contribution in [0.5, 0.6) is 0 Å². The van der Waals surface area contributed by atoms with Crippen molar-refractivity contribution in [1.29, 1.82) is 0 Å². The van der Waals surface area contributed by atoms with Gasteiger partial charge in [0, 0.05) is 45.3 Å². The van der Waals surface area contributed by atoms with Crippen molar-refractivity contribution in [3.8, 4) is 0 Å². The molecule has 0 heterocycles. The van der Waals surface area contributed by atoms with Crippen molar-refractivity contribution in [3.63, 3.8) is 0 Å². The van der Waals surface area contributed by atoms with E-state index in [2.05, 4.69) is 36.5 Å². The molecule has 4 nitrogen and oxygen atoms in total. The van der Waals surface area contributed by atoms with Gasteiger partial charge in [-0.15, -0.1) is 11.8 Å². The quantitative estimate of drug-likeness (QED) is 0.367. The van der Waals surface area contributed by atoms with Gasteiger partial charge in [-0.3, -0.25) is 9.59 Å². The molecule has 178 valence electrons. The Hall–Kier alpha value is -1.69. The molecule has 2 aromatic rings. The van der Waals surface area contributed by atoms with E-state index in [9.17, 15) is 9.59 Å². The van der Waals surface area contributed by atoms with Gasteiger partial charge in [0.25, 0.3) is 0 Å². The van der Waals surface area contributed by atoms with Crippen molar-refractivity contribution >= 4 is 46.8 Å². The first-order chi connectivity index (χ1) is 15.9. The Morgan fingerprint density at radius 1 is 1.09 bits per heavy atom. The third-order valence-corrected chi connectivity index (χ3v) is 7.81. The highest BCUT2D eigenvalue weighted by Crippen LogP contribution is 2.28. The van der Waals surface area contributed by atoms with Crippen molar-refractivity contribution < 1.29 is 9.59 Å². The molecular weight excluding hydrogens is 475 g/mol. The Balaban J connectivity index is 1.74. The summed E-state index contributed by atoms with van der Waals surface area (Å²) in [6, 6.07) is 13.2. The van der Waals surface area contributed by atoms with Gasteiger partial charge >= 0.3 is 0 Å². The number of amides is 2. The van der Waals surface area contributed by atoms with Crippen LogP contribution in [-0.4, -0.2) is 34.6 Å². The molecule has 1 atom stereocenters. The average Bonchev–Trinajstić information content (AvgIpc) is 3.30. The SMILES string of the molecule is CCC(C(=O)NC1CCCC1)N(Cc1c(Cl)cccc1Cl)C(=O)CCSc1ccc(C)cc1. The Bertz CT molecular complexity index is 926. The fraction of sp³-hybridized carbons (Fsp3) is 0.462. The molecule has 0 saturated heterocycles. The normalized spacial score (nSPS) is 14.8. The first-order valence-corrected chi connectivity index (χ1v) is 13.4. The van der Waals surface area contributed by atoms with Crippen LogP contribution in [0.15, 0.2) is 47.4 Å². The molecule has 0 spiro atoms. The molecule has 0 aliphatic heterocycles. The number of benzene rings is 2. The number of rotatable bonds is 10. The van der Waals surface area contributed by atoms with E-state index in [0.717, 1.165) is 30.6 Å². The summed E-state index contributed by atoms with van der Waals surface area (Å²) < 4.78 is 0. The van der Waals surface area contributed by atoms with E-state index in [-0.39, 0.29) is 24.4 Å². The molecule has 0 aromatic heterocycles. The number of nitrogens with zero attached hydrogens (tertiary/aromatic N) is 1. The number of carbonyl (C=O) groups is 2. The summed E-state index contributed by atoms with van der Waals surface area (Å²) in [4.78, 5) is 29.4. The van der Waals surface area contributed by atoms with Gasteiger partial charge in [0.15, 0.2) is 0 Å². The zero-order valence-corrected chi connectivity index (χ0v) is 21.6. The smallest absolute Gasteiger partial charge is 0.243 e. The maximum Gasteiger partial charge on any atom is 0.243 e. The number of aryl methyl sites for hydroxylation is 1. The van der Waals surface area contributed by atoms with Crippen LogP contribution in [-0.2, 0) is 16.1 Å². The molecule has 1 N–H and O–H groups in total. The highest BCUT2D eigenvalue weighted by molar-refractivity contribution is 7.99. The van der Waals surface area contributed by atoms with Crippen molar-refractivity contribution in [2.24, 2.45) is 0 Å². The number of carbonyl (C=O) groups excluding carboxylic acids is 2. The Labute approximate surface area is 211 Å². The lowest BCUT2D eigenvalue weighted by Crippen LogP contribution is -2.51. The maximum atomic E-state index is 13.4. The predicted molar refractivity (Wildman–Crippen MR) is 138 cm³/mol. The molecule has 1 saturated carbocycles. The van der Waals surface area contributed by atoms with Gasteiger partial charge in [-0.05, 0) is 50.5 Å². The fourth-order valence-corrected chi connectivity index (χ4v) is 5.53. The van der Waals surface area contributed by atoms with Crippen molar-refractivity contribution in [2.75, 3.05) is 5.75 Å². The summed E-state index contributed by atoms with van der Waals surface area (Å²) in [5, 5.41) is 4.16. The van der Waals surface area contributed by atoms with Crippen molar-refractivity contribution in [2.45, 2.75) is 75.9 Å². The minimum Gasteiger partial charge on any atom is -0.352 e. The second kappa shape index (κ2) is 12.7.